The molecule has 1 fully saturated rings. The number of guanidine groups is 1. The molecule has 0 aliphatic heterocycles. The summed E-state index contributed by atoms with van der Waals surface area (Å²) in [4.78, 5) is 4.72. The third-order valence-corrected chi connectivity index (χ3v) is 5.24. The van der Waals surface area contributed by atoms with Gasteiger partial charge in [0.05, 0.1) is 0 Å². The minimum absolute atomic E-state index is 0. The van der Waals surface area contributed by atoms with Crippen molar-refractivity contribution in [1.82, 2.24) is 25.2 Å². The minimum Gasteiger partial charge on any atom is -0.385 e. The number of nitrogens with zero attached hydrogens (tertiary/aromatic N) is 4. The summed E-state index contributed by atoms with van der Waals surface area (Å²) in [6.07, 6.45) is 8.22. The second kappa shape index (κ2) is 10.8. The molecule has 1 saturated carbocycles. The van der Waals surface area contributed by atoms with Gasteiger partial charge in [0.1, 0.15) is 6.54 Å². The van der Waals surface area contributed by atoms with E-state index >= 15 is 0 Å². The molecule has 0 atom stereocenters. The molecule has 150 valence electrons. The first kappa shape index (κ1) is 21.9. The molecule has 8 heteroatoms. The van der Waals surface area contributed by atoms with Crippen molar-refractivity contribution in [2.75, 3.05) is 26.8 Å². The number of ether oxygens (including phenoxy) is 1. The summed E-state index contributed by atoms with van der Waals surface area (Å²) >= 11 is 0. The molecule has 7 nitrogen and oxygen atoms in total. The summed E-state index contributed by atoms with van der Waals surface area (Å²) in [5.74, 6) is 1.68. The van der Waals surface area contributed by atoms with Crippen LogP contribution >= 0.6 is 24.0 Å². The topological polar surface area (TPSA) is 75.8 Å². The van der Waals surface area contributed by atoms with Gasteiger partial charge in [-0.05, 0) is 43.7 Å². The number of hydrogen-bond acceptors (Lipinski definition) is 4. The van der Waals surface area contributed by atoms with Crippen LogP contribution in [0.25, 0.3) is 5.65 Å². The first-order chi connectivity index (χ1) is 12.8. The highest BCUT2D eigenvalue weighted by atomic mass is 127. The Kier molecular flexibility index (Phi) is 8.75. The summed E-state index contributed by atoms with van der Waals surface area (Å²) in [6.45, 7) is 5.16. The van der Waals surface area contributed by atoms with Gasteiger partial charge in [-0.15, -0.1) is 34.2 Å². The van der Waals surface area contributed by atoms with Crippen LogP contribution in [0.5, 0.6) is 0 Å². The Morgan fingerprint density at radius 2 is 2.07 bits per heavy atom. The molecule has 0 radical (unpaired) electrons. The van der Waals surface area contributed by atoms with Gasteiger partial charge >= 0.3 is 0 Å². The van der Waals surface area contributed by atoms with Crippen LogP contribution in [-0.2, 0) is 11.3 Å². The van der Waals surface area contributed by atoms with Gasteiger partial charge in [-0.3, -0.25) is 4.40 Å². The molecule has 2 N–H and O–H groups in total. The van der Waals surface area contributed by atoms with Gasteiger partial charge in [0.2, 0.25) is 0 Å². The zero-order valence-corrected chi connectivity index (χ0v) is 18.6. The Morgan fingerprint density at radius 1 is 1.26 bits per heavy atom. The maximum atomic E-state index is 5.33. The van der Waals surface area contributed by atoms with Gasteiger partial charge < -0.3 is 15.4 Å². The fraction of sp³-hybridized carbons (Fsp3) is 0.632. The Morgan fingerprint density at radius 3 is 2.81 bits per heavy atom. The third-order valence-electron chi connectivity index (χ3n) is 5.24. The third kappa shape index (κ3) is 5.78. The Balaban J connectivity index is 0.00000261. The Hall–Kier alpha value is -1.42. The number of hydrogen-bond donors (Lipinski definition) is 2. The van der Waals surface area contributed by atoms with Crippen molar-refractivity contribution >= 4 is 35.6 Å². The highest BCUT2D eigenvalue weighted by molar-refractivity contribution is 14.0. The van der Waals surface area contributed by atoms with Gasteiger partial charge in [0.25, 0.3) is 0 Å². The van der Waals surface area contributed by atoms with E-state index in [1.165, 1.54) is 25.7 Å². The van der Waals surface area contributed by atoms with Crippen LogP contribution in [0.2, 0.25) is 0 Å². The molecule has 0 unspecified atom stereocenters. The lowest BCUT2D eigenvalue weighted by Gasteiger charge is -2.29. The van der Waals surface area contributed by atoms with E-state index in [-0.39, 0.29) is 24.0 Å². The number of nitrogens with one attached hydrogen (secondary N) is 2. The molecule has 27 heavy (non-hydrogen) atoms. The van der Waals surface area contributed by atoms with Crippen LogP contribution < -0.4 is 10.6 Å². The molecule has 1 aliphatic carbocycles. The number of methoxy groups -OCH3 is 1. The number of aliphatic imine (C=N–C) groups is 1. The normalized spacial score (nSPS) is 16.3. The van der Waals surface area contributed by atoms with Crippen LogP contribution in [-0.4, -0.2) is 47.4 Å². The number of halogens is 1. The van der Waals surface area contributed by atoms with Crippen LogP contribution in [0.15, 0.2) is 29.4 Å². The van der Waals surface area contributed by atoms with E-state index in [1.807, 2.05) is 28.8 Å². The molecular formula is C19H31IN6O. The first-order valence-electron chi connectivity index (χ1n) is 9.56. The lowest BCUT2D eigenvalue weighted by atomic mass is 9.83. The van der Waals surface area contributed by atoms with Gasteiger partial charge in [0.15, 0.2) is 17.4 Å². The van der Waals surface area contributed by atoms with Crippen LogP contribution in [0.1, 0.15) is 44.9 Å². The fourth-order valence-corrected chi connectivity index (χ4v) is 3.72. The molecule has 2 aromatic rings. The summed E-state index contributed by atoms with van der Waals surface area (Å²) in [7, 11) is 1.78. The average molecular weight is 486 g/mol. The Bertz CT molecular complexity index is 726. The maximum absolute atomic E-state index is 5.33. The van der Waals surface area contributed by atoms with Gasteiger partial charge in [-0.25, -0.2) is 4.99 Å². The highest BCUT2D eigenvalue weighted by Crippen LogP contribution is 2.40. The molecular weight excluding hydrogens is 455 g/mol. The fourth-order valence-electron chi connectivity index (χ4n) is 3.72. The van der Waals surface area contributed by atoms with Gasteiger partial charge in [0, 0.05) is 33.0 Å². The molecule has 2 aromatic heterocycles. The standard InChI is InChI=1S/C19H30N6O.HI/c1-3-20-18(22-15-19(11-13-26-2)9-5-6-10-19)21-14-17-24-23-16-8-4-7-12-25(16)17;/h4,7-8,12H,3,5-6,9-11,13-15H2,1-2H3,(H2,20,21,22);1H. The number of pyridine rings is 1. The number of rotatable bonds is 8. The zero-order valence-electron chi connectivity index (χ0n) is 16.3. The average Bonchev–Trinajstić information content (AvgIpc) is 3.30. The van der Waals surface area contributed by atoms with Crippen molar-refractivity contribution in [2.45, 2.75) is 45.6 Å². The number of aromatic nitrogens is 3. The molecule has 0 spiro atoms. The summed E-state index contributed by atoms with van der Waals surface area (Å²) in [5.41, 5.74) is 1.17. The quantitative estimate of drug-likeness (QED) is 0.341. The molecule has 0 bridgehead atoms. The van der Waals surface area contributed by atoms with Crippen LogP contribution in [0.3, 0.4) is 0 Å². The predicted octanol–water partition coefficient (Wildman–Crippen LogP) is 3.00. The molecule has 0 amide bonds. The monoisotopic (exact) mass is 486 g/mol. The lowest BCUT2D eigenvalue weighted by molar-refractivity contribution is 0.138. The van der Waals surface area contributed by atoms with Crippen LogP contribution in [0.4, 0.5) is 0 Å². The first-order valence-corrected chi connectivity index (χ1v) is 9.56. The van der Waals surface area contributed by atoms with E-state index in [0.29, 0.717) is 12.0 Å². The molecule has 3 rings (SSSR count). The van der Waals surface area contributed by atoms with Crippen molar-refractivity contribution in [2.24, 2.45) is 10.4 Å². The molecule has 2 heterocycles. The van der Waals surface area contributed by atoms with E-state index in [4.69, 9.17) is 9.73 Å². The smallest absolute Gasteiger partial charge is 0.191 e. The van der Waals surface area contributed by atoms with Gasteiger partial charge in [-0.1, -0.05) is 18.9 Å². The summed E-state index contributed by atoms with van der Waals surface area (Å²) < 4.78 is 7.31. The second-order valence-electron chi connectivity index (χ2n) is 7.04. The summed E-state index contributed by atoms with van der Waals surface area (Å²) in [5, 5.41) is 15.3. The van der Waals surface area contributed by atoms with E-state index in [0.717, 1.165) is 43.5 Å². The van der Waals surface area contributed by atoms with Gasteiger partial charge in [-0.2, -0.15) is 0 Å². The molecule has 1 aliphatic rings. The highest BCUT2D eigenvalue weighted by Gasteiger charge is 2.33. The Labute approximate surface area is 178 Å². The molecule has 0 saturated heterocycles. The number of fused-ring (bicyclic) bond motifs is 1. The van der Waals surface area contributed by atoms with Crippen molar-refractivity contribution in [3.05, 3.63) is 30.2 Å². The largest absolute Gasteiger partial charge is 0.385 e. The minimum atomic E-state index is 0. The SMILES string of the molecule is CCNC(=NCc1nnc2ccccn12)NCC1(CCOC)CCCC1.I. The van der Waals surface area contributed by atoms with E-state index in [1.54, 1.807) is 7.11 Å². The second-order valence-corrected chi connectivity index (χ2v) is 7.04. The molecule has 0 aromatic carbocycles. The van der Waals surface area contributed by atoms with E-state index in [9.17, 15) is 0 Å². The van der Waals surface area contributed by atoms with Crippen LogP contribution in [0, 0.1) is 5.41 Å². The van der Waals surface area contributed by atoms with Crippen molar-refractivity contribution in [3.63, 3.8) is 0 Å². The van der Waals surface area contributed by atoms with E-state index < -0.39 is 0 Å². The summed E-state index contributed by atoms with van der Waals surface area (Å²) in [6, 6.07) is 5.89. The maximum Gasteiger partial charge on any atom is 0.191 e. The van der Waals surface area contributed by atoms with Crippen molar-refractivity contribution in [1.29, 1.82) is 0 Å². The van der Waals surface area contributed by atoms with E-state index in [2.05, 4.69) is 27.8 Å². The van der Waals surface area contributed by atoms with Crippen molar-refractivity contribution in [3.8, 4) is 0 Å². The predicted molar refractivity (Wildman–Crippen MR) is 119 cm³/mol. The lowest BCUT2D eigenvalue weighted by Crippen LogP contribution is -2.43. The zero-order chi connectivity index (χ0) is 18.2. The van der Waals surface area contributed by atoms with Crippen molar-refractivity contribution < 1.29 is 4.74 Å².